The number of ether oxygens (including phenoxy) is 1. The minimum Gasteiger partial charge on any atom is -0.492 e. The van der Waals surface area contributed by atoms with Gasteiger partial charge in [-0.25, -0.2) is 0 Å². The van der Waals surface area contributed by atoms with Gasteiger partial charge >= 0.3 is 0 Å². The number of anilines is 1. The highest BCUT2D eigenvalue weighted by molar-refractivity contribution is 5.95. The standard InChI is InChI=1S/C35H44N4O3/c1-26(2)39(27(3)4)33(40)29-16-14-28(15-17-29)24-30-10-8-9-13-32(30)42-23-22-37-20-18-35(19-21-37)34(41)36-25-38(35)31-11-6-5-7-12-31/h5-17,26-27H,18-25H2,1-4H3,(H,36,41). The minimum absolute atomic E-state index is 0.0697. The number of nitrogens with one attached hydrogen (secondary N) is 1. The van der Waals surface area contributed by atoms with Crippen molar-refractivity contribution in [2.24, 2.45) is 0 Å². The summed E-state index contributed by atoms with van der Waals surface area (Å²) in [6, 6.07) is 26.7. The molecule has 42 heavy (non-hydrogen) atoms. The van der Waals surface area contributed by atoms with Gasteiger partial charge in [0, 0.05) is 49.4 Å². The van der Waals surface area contributed by atoms with E-state index >= 15 is 0 Å². The Morgan fingerprint density at radius 2 is 1.55 bits per heavy atom. The van der Waals surface area contributed by atoms with Crippen molar-refractivity contribution in [1.29, 1.82) is 0 Å². The van der Waals surface area contributed by atoms with Crippen molar-refractivity contribution in [1.82, 2.24) is 15.1 Å². The number of hydrogen-bond acceptors (Lipinski definition) is 5. The number of nitrogens with zero attached hydrogens (tertiary/aromatic N) is 3. The second-order valence-corrected chi connectivity index (χ2v) is 12.0. The first-order valence-corrected chi connectivity index (χ1v) is 15.2. The Morgan fingerprint density at radius 1 is 0.905 bits per heavy atom. The third-order valence-electron chi connectivity index (χ3n) is 8.67. The van der Waals surface area contributed by atoms with Gasteiger partial charge in [-0.2, -0.15) is 0 Å². The molecule has 1 spiro atoms. The molecule has 2 heterocycles. The van der Waals surface area contributed by atoms with E-state index in [4.69, 9.17) is 4.74 Å². The maximum absolute atomic E-state index is 13.1. The van der Waals surface area contributed by atoms with E-state index in [1.807, 2.05) is 65.6 Å². The summed E-state index contributed by atoms with van der Waals surface area (Å²) in [6.45, 7) is 11.9. The van der Waals surface area contributed by atoms with Crippen LogP contribution in [0, 0.1) is 0 Å². The van der Waals surface area contributed by atoms with E-state index in [-0.39, 0.29) is 23.9 Å². The van der Waals surface area contributed by atoms with Crippen LogP contribution in [0.3, 0.4) is 0 Å². The van der Waals surface area contributed by atoms with Crippen LogP contribution in [0.2, 0.25) is 0 Å². The lowest BCUT2D eigenvalue weighted by Crippen LogP contribution is -2.56. The second-order valence-electron chi connectivity index (χ2n) is 12.0. The van der Waals surface area contributed by atoms with Gasteiger partial charge in [0.2, 0.25) is 5.91 Å². The number of carbonyl (C=O) groups excluding carboxylic acids is 2. The van der Waals surface area contributed by atoms with E-state index < -0.39 is 5.54 Å². The topological polar surface area (TPSA) is 65.1 Å². The molecular formula is C35H44N4O3. The summed E-state index contributed by atoms with van der Waals surface area (Å²) in [4.78, 5) is 32.6. The van der Waals surface area contributed by atoms with Crippen molar-refractivity contribution in [3.63, 3.8) is 0 Å². The van der Waals surface area contributed by atoms with Crippen molar-refractivity contribution in [2.75, 3.05) is 37.8 Å². The first-order valence-electron chi connectivity index (χ1n) is 15.2. The quantitative estimate of drug-likeness (QED) is 0.358. The zero-order valence-electron chi connectivity index (χ0n) is 25.4. The highest BCUT2D eigenvalue weighted by Gasteiger charge is 2.50. The zero-order valence-corrected chi connectivity index (χ0v) is 25.4. The molecule has 0 atom stereocenters. The van der Waals surface area contributed by atoms with E-state index in [1.54, 1.807) is 0 Å². The Labute approximate surface area is 250 Å². The molecule has 2 aliphatic rings. The van der Waals surface area contributed by atoms with Crippen molar-refractivity contribution in [3.05, 3.63) is 95.6 Å². The molecule has 2 amide bonds. The number of benzene rings is 3. The third kappa shape index (κ3) is 6.31. The highest BCUT2D eigenvalue weighted by Crippen LogP contribution is 2.36. The fraction of sp³-hybridized carbons (Fsp3) is 0.429. The Kier molecular flexibility index (Phi) is 9.17. The number of piperidine rings is 1. The van der Waals surface area contributed by atoms with Crippen LogP contribution in [0.25, 0.3) is 0 Å². The predicted octanol–water partition coefficient (Wildman–Crippen LogP) is 5.34. The van der Waals surface area contributed by atoms with E-state index in [2.05, 4.69) is 61.0 Å². The molecule has 3 aromatic rings. The number of hydrogen-bond donors (Lipinski definition) is 1. The van der Waals surface area contributed by atoms with Crippen molar-refractivity contribution in [3.8, 4) is 5.75 Å². The van der Waals surface area contributed by atoms with E-state index in [9.17, 15) is 9.59 Å². The fourth-order valence-electron chi connectivity index (χ4n) is 6.45. The molecule has 0 bridgehead atoms. The molecule has 7 nitrogen and oxygen atoms in total. The maximum atomic E-state index is 13.1. The van der Waals surface area contributed by atoms with Crippen LogP contribution >= 0.6 is 0 Å². The van der Waals surface area contributed by atoms with Gasteiger partial charge in [-0.3, -0.25) is 14.5 Å². The van der Waals surface area contributed by atoms with Gasteiger partial charge in [0.15, 0.2) is 0 Å². The van der Waals surface area contributed by atoms with Gasteiger partial charge < -0.3 is 19.9 Å². The first kappa shape index (κ1) is 29.6. The molecule has 0 aromatic heterocycles. The molecule has 0 saturated carbocycles. The van der Waals surface area contributed by atoms with Crippen LogP contribution in [0.5, 0.6) is 5.75 Å². The van der Waals surface area contributed by atoms with E-state index in [0.29, 0.717) is 13.3 Å². The second kappa shape index (κ2) is 13.0. The Bertz CT molecular complexity index is 1340. The van der Waals surface area contributed by atoms with Crippen molar-refractivity contribution in [2.45, 2.75) is 64.6 Å². The summed E-state index contributed by atoms with van der Waals surface area (Å²) in [7, 11) is 0. The summed E-state index contributed by atoms with van der Waals surface area (Å²) in [5.41, 5.74) is 3.62. The smallest absolute Gasteiger partial charge is 0.254 e. The largest absolute Gasteiger partial charge is 0.492 e. The average molecular weight is 569 g/mol. The van der Waals surface area contributed by atoms with E-state index in [0.717, 1.165) is 67.0 Å². The lowest BCUT2D eigenvalue weighted by atomic mass is 9.85. The predicted molar refractivity (Wildman–Crippen MR) is 168 cm³/mol. The van der Waals surface area contributed by atoms with Gasteiger partial charge in [-0.15, -0.1) is 0 Å². The van der Waals surface area contributed by atoms with Gasteiger partial charge in [0.1, 0.15) is 17.9 Å². The molecule has 2 saturated heterocycles. The van der Waals surface area contributed by atoms with Gasteiger partial charge in [0.25, 0.3) is 5.91 Å². The van der Waals surface area contributed by atoms with Gasteiger partial charge in [-0.05, 0) is 82.0 Å². The fourth-order valence-corrected chi connectivity index (χ4v) is 6.45. The summed E-state index contributed by atoms with van der Waals surface area (Å²) >= 11 is 0. The third-order valence-corrected chi connectivity index (χ3v) is 8.67. The number of amides is 2. The molecule has 5 rings (SSSR count). The number of carbonyl (C=O) groups is 2. The number of rotatable bonds is 10. The molecule has 0 unspecified atom stereocenters. The zero-order chi connectivity index (χ0) is 29.7. The van der Waals surface area contributed by atoms with Crippen LogP contribution in [0.15, 0.2) is 78.9 Å². The monoisotopic (exact) mass is 568 g/mol. The molecule has 2 aliphatic heterocycles. The molecule has 0 radical (unpaired) electrons. The number of likely N-dealkylation sites (tertiary alicyclic amines) is 1. The summed E-state index contributed by atoms with van der Waals surface area (Å²) in [5, 5.41) is 3.08. The molecule has 0 aliphatic carbocycles. The van der Waals surface area contributed by atoms with Crippen LogP contribution in [-0.2, 0) is 11.2 Å². The van der Waals surface area contributed by atoms with Crippen LogP contribution in [0.4, 0.5) is 5.69 Å². The molecule has 7 heteroatoms. The minimum atomic E-state index is -0.465. The molecule has 3 aromatic carbocycles. The summed E-state index contributed by atoms with van der Waals surface area (Å²) in [6.07, 6.45) is 2.34. The summed E-state index contributed by atoms with van der Waals surface area (Å²) in [5.74, 6) is 1.10. The summed E-state index contributed by atoms with van der Waals surface area (Å²) < 4.78 is 6.29. The van der Waals surface area contributed by atoms with Crippen molar-refractivity contribution >= 4 is 17.5 Å². The van der Waals surface area contributed by atoms with Crippen LogP contribution < -0.4 is 15.0 Å². The van der Waals surface area contributed by atoms with Crippen LogP contribution in [-0.4, -0.2) is 72.1 Å². The Balaban J connectivity index is 1.15. The van der Waals surface area contributed by atoms with E-state index in [1.165, 1.54) is 0 Å². The Hall–Kier alpha value is -3.84. The highest BCUT2D eigenvalue weighted by atomic mass is 16.5. The molecule has 2 fully saturated rings. The van der Waals surface area contributed by atoms with Crippen LogP contribution in [0.1, 0.15) is 62.0 Å². The average Bonchev–Trinajstić information content (AvgIpc) is 3.30. The SMILES string of the molecule is CC(C)N(C(=O)c1ccc(Cc2ccccc2OCCN2CCC3(CC2)C(=O)NCN3c2ccccc2)cc1)C(C)C. The molecular weight excluding hydrogens is 524 g/mol. The van der Waals surface area contributed by atoms with Crippen molar-refractivity contribution < 1.29 is 14.3 Å². The maximum Gasteiger partial charge on any atom is 0.254 e. The molecule has 222 valence electrons. The lowest BCUT2D eigenvalue weighted by Gasteiger charge is -2.43. The lowest BCUT2D eigenvalue weighted by molar-refractivity contribution is -0.125. The first-order chi connectivity index (χ1) is 20.3. The molecule has 1 N–H and O–H groups in total. The number of para-hydroxylation sites is 2. The van der Waals surface area contributed by atoms with Gasteiger partial charge in [-0.1, -0.05) is 48.5 Å². The normalized spacial score (nSPS) is 16.7. The Morgan fingerprint density at radius 3 is 2.21 bits per heavy atom. The van der Waals surface area contributed by atoms with Gasteiger partial charge in [0.05, 0.1) is 6.67 Å².